The molecule has 3 atom stereocenters. The van der Waals surface area contributed by atoms with Crippen LogP contribution in [0.25, 0.3) is 0 Å². The van der Waals surface area contributed by atoms with Crippen molar-refractivity contribution >= 4 is 29.3 Å². The number of amides is 1. The van der Waals surface area contributed by atoms with Gasteiger partial charge in [0.2, 0.25) is 0 Å². The molecule has 25 heavy (non-hydrogen) atoms. The zero-order valence-electron chi connectivity index (χ0n) is 14.5. The van der Waals surface area contributed by atoms with Crippen molar-refractivity contribution in [2.75, 3.05) is 19.6 Å². The van der Waals surface area contributed by atoms with Gasteiger partial charge in [-0.15, -0.1) is 0 Å². The summed E-state index contributed by atoms with van der Waals surface area (Å²) in [6.07, 6.45) is -2.40. The first-order valence-corrected chi connectivity index (χ1v) is 8.74. The first kappa shape index (κ1) is 20.3. The van der Waals surface area contributed by atoms with E-state index in [-0.39, 0.29) is 25.0 Å². The van der Waals surface area contributed by atoms with E-state index in [1.54, 1.807) is 18.2 Å². The molecule has 6 nitrogen and oxygen atoms in total. The van der Waals surface area contributed by atoms with E-state index in [9.17, 15) is 15.0 Å². The van der Waals surface area contributed by atoms with Crippen molar-refractivity contribution in [2.24, 2.45) is 11.1 Å². The lowest BCUT2D eigenvalue weighted by Gasteiger charge is -2.37. The van der Waals surface area contributed by atoms with E-state index in [2.05, 4.69) is 0 Å². The van der Waals surface area contributed by atoms with Crippen LogP contribution >= 0.6 is 23.2 Å². The zero-order valence-corrected chi connectivity index (χ0v) is 16.0. The Balaban J connectivity index is 2.52. The van der Waals surface area contributed by atoms with Crippen LogP contribution in [0.1, 0.15) is 32.4 Å². The fourth-order valence-electron chi connectivity index (χ4n) is 2.87. The predicted molar refractivity (Wildman–Crippen MR) is 97.1 cm³/mol. The standard InChI is InChI=1S/C17H24Cl2N2O4/c1-16(2,3)13-7-21(15(22)23)9-17(24,8-20)14(25-13)10-4-5-11(18)12(19)6-10/h4-6,13-14,24H,7-9,20H2,1-3H3,(H,22,23). The van der Waals surface area contributed by atoms with Crippen molar-refractivity contribution in [3.05, 3.63) is 33.8 Å². The number of ether oxygens (including phenoxy) is 1. The first-order chi connectivity index (χ1) is 11.5. The molecule has 1 aromatic carbocycles. The molecule has 140 valence electrons. The maximum atomic E-state index is 11.6. The van der Waals surface area contributed by atoms with Crippen LogP contribution < -0.4 is 5.73 Å². The Kier molecular flexibility index (Phi) is 5.91. The van der Waals surface area contributed by atoms with E-state index < -0.39 is 23.9 Å². The highest BCUT2D eigenvalue weighted by Crippen LogP contribution is 2.40. The molecule has 0 spiro atoms. The van der Waals surface area contributed by atoms with Crippen LogP contribution in [-0.2, 0) is 4.74 Å². The minimum absolute atomic E-state index is 0.138. The number of benzene rings is 1. The molecule has 0 aliphatic carbocycles. The SMILES string of the molecule is CC(C)(C)C1CN(C(=O)O)CC(O)(CN)C(c2ccc(Cl)c(Cl)c2)O1. The Hall–Kier alpha value is -1.05. The predicted octanol–water partition coefficient (Wildman–Crippen LogP) is 3.15. The average Bonchev–Trinajstić information content (AvgIpc) is 2.67. The lowest BCUT2D eigenvalue weighted by Crippen LogP contribution is -2.52. The smallest absolute Gasteiger partial charge is 0.407 e. The van der Waals surface area contributed by atoms with Gasteiger partial charge in [0.25, 0.3) is 0 Å². The molecule has 1 saturated heterocycles. The Morgan fingerprint density at radius 1 is 1.40 bits per heavy atom. The summed E-state index contributed by atoms with van der Waals surface area (Å²) in [5, 5.41) is 21.3. The lowest BCUT2D eigenvalue weighted by atomic mass is 9.88. The number of β-amino-alcohol motifs (C(OH)–C–C–N with tert-alkyl or cyclic N) is 1. The molecule has 0 aromatic heterocycles. The quantitative estimate of drug-likeness (QED) is 0.720. The maximum absolute atomic E-state index is 11.6. The van der Waals surface area contributed by atoms with Gasteiger partial charge in [-0.3, -0.25) is 0 Å². The number of aliphatic hydroxyl groups is 1. The summed E-state index contributed by atoms with van der Waals surface area (Å²) in [4.78, 5) is 12.8. The molecule has 8 heteroatoms. The average molecular weight is 391 g/mol. The highest BCUT2D eigenvalue weighted by molar-refractivity contribution is 6.42. The van der Waals surface area contributed by atoms with Crippen molar-refractivity contribution < 1.29 is 19.7 Å². The van der Waals surface area contributed by atoms with Crippen molar-refractivity contribution in [1.29, 1.82) is 0 Å². The number of carboxylic acid groups (broad SMARTS) is 1. The summed E-state index contributed by atoms with van der Waals surface area (Å²) in [7, 11) is 0. The summed E-state index contributed by atoms with van der Waals surface area (Å²) in [5.41, 5.74) is 4.48. The third-order valence-electron chi connectivity index (χ3n) is 4.48. The van der Waals surface area contributed by atoms with Gasteiger partial charge >= 0.3 is 6.09 Å². The molecule has 1 amide bonds. The Morgan fingerprint density at radius 3 is 2.52 bits per heavy atom. The molecule has 1 aromatic rings. The molecule has 1 aliphatic heterocycles. The molecule has 1 aliphatic rings. The molecule has 4 N–H and O–H groups in total. The van der Waals surface area contributed by atoms with Crippen molar-refractivity contribution in [3.8, 4) is 0 Å². The summed E-state index contributed by atoms with van der Waals surface area (Å²) in [5.74, 6) is 0. The van der Waals surface area contributed by atoms with E-state index in [0.717, 1.165) is 4.90 Å². The second kappa shape index (κ2) is 7.29. The number of rotatable bonds is 2. The third-order valence-corrected chi connectivity index (χ3v) is 5.21. The molecule has 0 saturated carbocycles. The van der Waals surface area contributed by atoms with Gasteiger partial charge < -0.3 is 25.6 Å². The van der Waals surface area contributed by atoms with Gasteiger partial charge in [-0.05, 0) is 23.1 Å². The van der Waals surface area contributed by atoms with Gasteiger partial charge in [-0.1, -0.05) is 50.0 Å². The number of carbonyl (C=O) groups is 1. The Bertz CT molecular complexity index is 650. The van der Waals surface area contributed by atoms with Crippen LogP contribution in [0.3, 0.4) is 0 Å². The number of nitrogens with two attached hydrogens (primary N) is 1. The second-order valence-electron chi connectivity index (χ2n) is 7.52. The fourth-order valence-corrected chi connectivity index (χ4v) is 3.18. The maximum Gasteiger partial charge on any atom is 0.407 e. The van der Waals surface area contributed by atoms with Gasteiger partial charge in [-0.25, -0.2) is 4.79 Å². The monoisotopic (exact) mass is 390 g/mol. The molecule has 2 rings (SSSR count). The molecule has 0 radical (unpaired) electrons. The highest BCUT2D eigenvalue weighted by atomic mass is 35.5. The Labute approximate surface area is 157 Å². The van der Waals surface area contributed by atoms with Crippen LogP contribution in [0.4, 0.5) is 4.79 Å². The van der Waals surface area contributed by atoms with Crippen LogP contribution in [0, 0.1) is 5.41 Å². The van der Waals surface area contributed by atoms with Crippen LogP contribution in [-0.4, -0.2) is 52.5 Å². The molecule has 1 fully saturated rings. The van der Waals surface area contributed by atoms with Gasteiger partial charge in [0, 0.05) is 6.54 Å². The van der Waals surface area contributed by atoms with E-state index in [4.69, 9.17) is 33.7 Å². The van der Waals surface area contributed by atoms with Gasteiger partial charge in [0.05, 0.1) is 29.2 Å². The summed E-state index contributed by atoms with van der Waals surface area (Å²) in [6.45, 7) is 5.68. The number of hydrogen-bond acceptors (Lipinski definition) is 4. The third kappa shape index (κ3) is 4.38. The van der Waals surface area contributed by atoms with Crippen LogP contribution in [0.5, 0.6) is 0 Å². The normalized spacial score (nSPS) is 27.9. The summed E-state index contributed by atoms with van der Waals surface area (Å²) >= 11 is 12.1. The van der Waals surface area contributed by atoms with E-state index in [1.807, 2.05) is 20.8 Å². The topological polar surface area (TPSA) is 96.0 Å². The first-order valence-electron chi connectivity index (χ1n) is 7.98. The largest absolute Gasteiger partial charge is 0.465 e. The van der Waals surface area contributed by atoms with Crippen molar-refractivity contribution in [1.82, 2.24) is 4.90 Å². The molecular formula is C17H24Cl2N2O4. The van der Waals surface area contributed by atoms with Crippen LogP contribution in [0.15, 0.2) is 18.2 Å². The highest BCUT2D eigenvalue weighted by Gasteiger charge is 2.47. The minimum atomic E-state index is -1.59. The number of hydrogen-bond donors (Lipinski definition) is 3. The molecule has 1 heterocycles. The summed E-state index contributed by atoms with van der Waals surface area (Å²) < 4.78 is 6.21. The van der Waals surface area contributed by atoms with Gasteiger partial charge in [0.15, 0.2) is 0 Å². The summed E-state index contributed by atoms with van der Waals surface area (Å²) in [6, 6.07) is 4.94. The van der Waals surface area contributed by atoms with E-state index in [1.165, 1.54) is 0 Å². The minimum Gasteiger partial charge on any atom is -0.465 e. The van der Waals surface area contributed by atoms with E-state index >= 15 is 0 Å². The van der Waals surface area contributed by atoms with Crippen molar-refractivity contribution in [2.45, 2.75) is 38.6 Å². The Morgan fingerprint density at radius 2 is 2.04 bits per heavy atom. The van der Waals surface area contributed by atoms with E-state index in [0.29, 0.717) is 15.6 Å². The number of nitrogens with zero attached hydrogens (tertiary/aromatic N) is 1. The fraction of sp³-hybridized carbons (Fsp3) is 0.588. The lowest BCUT2D eigenvalue weighted by molar-refractivity contribution is -0.137. The van der Waals surface area contributed by atoms with Gasteiger partial charge in [0.1, 0.15) is 11.7 Å². The number of halogens is 2. The molecule has 3 unspecified atom stereocenters. The molecule has 0 bridgehead atoms. The van der Waals surface area contributed by atoms with Crippen molar-refractivity contribution in [3.63, 3.8) is 0 Å². The second-order valence-corrected chi connectivity index (χ2v) is 8.33. The molecular weight excluding hydrogens is 367 g/mol. The zero-order chi connectivity index (χ0) is 19.0. The van der Waals surface area contributed by atoms with Crippen LogP contribution in [0.2, 0.25) is 10.0 Å². The van der Waals surface area contributed by atoms with Gasteiger partial charge in [-0.2, -0.15) is 0 Å².